The number of pyridine rings is 1. The van der Waals surface area contributed by atoms with Gasteiger partial charge in [0.25, 0.3) is 5.91 Å². The molecule has 1 aromatic heterocycles. The number of likely N-dealkylation sites (N-methyl/N-ethyl adjacent to an activating group) is 1. The molecule has 0 saturated carbocycles. The summed E-state index contributed by atoms with van der Waals surface area (Å²) in [5.41, 5.74) is 1.51. The Morgan fingerprint density at radius 3 is 2.64 bits per heavy atom. The fourth-order valence-corrected chi connectivity index (χ4v) is 2.08. The van der Waals surface area contributed by atoms with Crippen molar-refractivity contribution < 1.29 is 4.79 Å². The van der Waals surface area contributed by atoms with Crippen molar-refractivity contribution in [2.45, 2.75) is 0 Å². The highest BCUT2D eigenvalue weighted by Gasteiger charge is 2.06. The molecule has 22 heavy (non-hydrogen) atoms. The normalized spacial score (nSPS) is 10.5. The van der Waals surface area contributed by atoms with Crippen LogP contribution in [-0.4, -0.2) is 43.0 Å². The van der Waals surface area contributed by atoms with Crippen LogP contribution < -0.4 is 10.6 Å². The first-order valence-corrected chi connectivity index (χ1v) is 7.75. The van der Waals surface area contributed by atoms with E-state index < -0.39 is 0 Å². The number of nitrogens with zero attached hydrogens (tertiary/aromatic N) is 2. The maximum atomic E-state index is 12.1. The van der Waals surface area contributed by atoms with Crippen molar-refractivity contribution in [3.8, 4) is 0 Å². The molecule has 0 unspecified atom stereocenters. The fourth-order valence-electron chi connectivity index (χ4n) is 1.82. The summed E-state index contributed by atoms with van der Waals surface area (Å²) in [4.78, 5) is 18.3. The van der Waals surface area contributed by atoms with Crippen LogP contribution in [-0.2, 0) is 0 Å². The number of halogens is 1. The first-order chi connectivity index (χ1) is 10.5. The molecule has 116 valence electrons. The molecule has 1 heterocycles. The maximum Gasteiger partial charge on any atom is 0.251 e. The van der Waals surface area contributed by atoms with Crippen LogP contribution in [0.15, 0.2) is 47.1 Å². The Bertz CT molecular complexity index is 628. The van der Waals surface area contributed by atoms with E-state index in [9.17, 15) is 4.79 Å². The van der Waals surface area contributed by atoms with Gasteiger partial charge >= 0.3 is 0 Å². The molecule has 2 aromatic rings. The Morgan fingerprint density at radius 2 is 1.95 bits per heavy atom. The molecule has 0 saturated heterocycles. The number of hydrogen-bond donors (Lipinski definition) is 2. The topological polar surface area (TPSA) is 57.3 Å². The SMILES string of the molecule is CN(C)CCNC(=O)c1ccnc(Nc2ccc(Br)cc2)c1. The molecule has 0 spiro atoms. The summed E-state index contributed by atoms with van der Waals surface area (Å²) in [6.45, 7) is 1.42. The Labute approximate surface area is 138 Å². The van der Waals surface area contributed by atoms with Gasteiger partial charge in [-0.25, -0.2) is 4.98 Å². The first kappa shape index (κ1) is 16.5. The van der Waals surface area contributed by atoms with Gasteiger partial charge in [0.2, 0.25) is 0 Å². The molecule has 0 aliphatic rings. The molecular formula is C16H19BrN4O. The van der Waals surface area contributed by atoms with Crippen molar-refractivity contribution in [2.24, 2.45) is 0 Å². The van der Waals surface area contributed by atoms with E-state index in [4.69, 9.17) is 0 Å². The van der Waals surface area contributed by atoms with Gasteiger partial charge in [0.15, 0.2) is 0 Å². The van der Waals surface area contributed by atoms with Gasteiger partial charge in [-0.05, 0) is 50.5 Å². The van der Waals surface area contributed by atoms with Gasteiger partial charge < -0.3 is 15.5 Å². The molecular weight excluding hydrogens is 344 g/mol. The number of aromatic nitrogens is 1. The number of amides is 1. The van der Waals surface area contributed by atoms with Crippen LogP contribution >= 0.6 is 15.9 Å². The second-order valence-electron chi connectivity index (χ2n) is 5.12. The summed E-state index contributed by atoms with van der Waals surface area (Å²) in [5.74, 6) is 0.547. The van der Waals surface area contributed by atoms with E-state index in [0.29, 0.717) is 17.9 Å². The van der Waals surface area contributed by atoms with Gasteiger partial charge in [-0.1, -0.05) is 15.9 Å². The van der Waals surface area contributed by atoms with Crippen LogP contribution in [0.5, 0.6) is 0 Å². The Balaban J connectivity index is 2.00. The minimum absolute atomic E-state index is 0.0943. The van der Waals surface area contributed by atoms with Gasteiger partial charge in [-0.3, -0.25) is 4.79 Å². The summed E-state index contributed by atoms with van der Waals surface area (Å²) in [7, 11) is 3.94. The average molecular weight is 363 g/mol. The van der Waals surface area contributed by atoms with Crippen molar-refractivity contribution in [3.05, 3.63) is 52.6 Å². The van der Waals surface area contributed by atoms with Crippen LogP contribution in [0.2, 0.25) is 0 Å². The van der Waals surface area contributed by atoms with E-state index in [1.165, 1.54) is 0 Å². The number of hydrogen-bond acceptors (Lipinski definition) is 4. The lowest BCUT2D eigenvalue weighted by atomic mass is 10.2. The van der Waals surface area contributed by atoms with E-state index in [2.05, 4.69) is 31.5 Å². The van der Waals surface area contributed by atoms with Gasteiger partial charge in [0.05, 0.1) is 0 Å². The zero-order valence-electron chi connectivity index (χ0n) is 12.6. The van der Waals surface area contributed by atoms with E-state index in [1.807, 2.05) is 43.3 Å². The summed E-state index contributed by atoms with van der Waals surface area (Å²) in [6, 6.07) is 11.2. The maximum absolute atomic E-state index is 12.1. The summed E-state index contributed by atoms with van der Waals surface area (Å²) in [5, 5.41) is 6.07. The predicted molar refractivity (Wildman–Crippen MR) is 92.5 cm³/mol. The number of benzene rings is 1. The van der Waals surface area contributed by atoms with E-state index >= 15 is 0 Å². The molecule has 0 aliphatic heterocycles. The summed E-state index contributed by atoms with van der Waals surface area (Å²) >= 11 is 3.40. The smallest absolute Gasteiger partial charge is 0.251 e. The quantitative estimate of drug-likeness (QED) is 0.829. The van der Waals surface area contributed by atoms with Crippen LogP contribution in [0, 0.1) is 0 Å². The van der Waals surface area contributed by atoms with E-state index in [-0.39, 0.29) is 5.91 Å². The number of carbonyl (C=O) groups excluding carboxylic acids is 1. The number of nitrogens with one attached hydrogen (secondary N) is 2. The largest absolute Gasteiger partial charge is 0.351 e. The molecule has 5 nitrogen and oxygen atoms in total. The Kier molecular flexibility index (Phi) is 5.91. The van der Waals surface area contributed by atoms with Crippen molar-refractivity contribution in [1.29, 1.82) is 0 Å². The molecule has 0 aliphatic carbocycles. The monoisotopic (exact) mass is 362 g/mol. The molecule has 0 atom stereocenters. The zero-order chi connectivity index (χ0) is 15.9. The van der Waals surface area contributed by atoms with Crippen LogP contribution in [0.25, 0.3) is 0 Å². The fraction of sp³-hybridized carbons (Fsp3) is 0.250. The third-order valence-corrected chi connectivity index (χ3v) is 3.51. The van der Waals surface area contributed by atoms with E-state index in [0.717, 1.165) is 16.7 Å². The Hall–Kier alpha value is -1.92. The lowest BCUT2D eigenvalue weighted by Crippen LogP contribution is -2.31. The predicted octanol–water partition coefficient (Wildman–Crippen LogP) is 2.88. The van der Waals surface area contributed by atoms with E-state index in [1.54, 1.807) is 18.3 Å². The molecule has 2 rings (SSSR count). The second kappa shape index (κ2) is 7.91. The lowest BCUT2D eigenvalue weighted by molar-refractivity contribution is 0.0951. The number of anilines is 2. The van der Waals surface area contributed by atoms with Crippen LogP contribution in [0.1, 0.15) is 10.4 Å². The minimum Gasteiger partial charge on any atom is -0.351 e. The molecule has 0 fully saturated rings. The minimum atomic E-state index is -0.0943. The van der Waals surface area contributed by atoms with Crippen LogP contribution in [0.4, 0.5) is 11.5 Å². The highest BCUT2D eigenvalue weighted by atomic mass is 79.9. The number of rotatable bonds is 6. The first-order valence-electron chi connectivity index (χ1n) is 6.96. The van der Waals surface area contributed by atoms with Crippen LogP contribution in [0.3, 0.4) is 0 Å². The third-order valence-electron chi connectivity index (χ3n) is 2.98. The molecule has 0 bridgehead atoms. The average Bonchev–Trinajstić information content (AvgIpc) is 2.49. The summed E-state index contributed by atoms with van der Waals surface area (Å²) < 4.78 is 1.01. The highest BCUT2D eigenvalue weighted by molar-refractivity contribution is 9.10. The molecule has 2 N–H and O–H groups in total. The third kappa shape index (κ3) is 5.13. The summed E-state index contributed by atoms with van der Waals surface area (Å²) in [6.07, 6.45) is 1.63. The Morgan fingerprint density at radius 1 is 1.23 bits per heavy atom. The zero-order valence-corrected chi connectivity index (χ0v) is 14.2. The standard InChI is InChI=1S/C16H19BrN4O/c1-21(2)10-9-19-16(22)12-7-8-18-15(11-12)20-14-5-3-13(17)4-6-14/h3-8,11H,9-10H2,1-2H3,(H,18,20)(H,19,22). The molecule has 1 aromatic carbocycles. The molecule has 6 heteroatoms. The molecule has 1 amide bonds. The highest BCUT2D eigenvalue weighted by Crippen LogP contribution is 2.18. The van der Waals surface area contributed by atoms with Crippen molar-refractivity contribution >= 4 is 33.3 Å². The van der Waals surface area contributed by atoms with Gasteiger partial charge in [0, 0.05) is 35.0 Å². The van der Waals surface area contributed by atoms with Gasteiger partial charge in [-0.15, -0.1) is 0 Å². The number of carbonyl (C=O) groups is 1. The van der Waals surface area contributed by atoms with Gasteiger partial charge in [-0.2, -0.15) is 0 Å². The molecule has 0 radical (unpaired) electrons. The second-order valence-corrected chi connectivity index (χ2v) is 6.04. The van der Waals surface area contributed by atoms with Crippen molar-refractivity contribution in [3.63, 3.8) is 0 Å². The van der Waals surface area contributed by atoms with Crippen molar-refractivity contribution in [1.82, 2.24) is 15.2 Å². The van der Waals surface area contributed by atoms with Crippen molar-refractivity contribution in [2.75, 3.05) is 32.5 Å². The lowest BCUT2D eigenvalue weighted by Gasteiger charge is -2.11. The van der Waals surface area contributed by atoms with Gasteiger partial charge in [0.1, 0.15) is 5.82 Å².